The van der Waals surface area contributed by atoms with Gasteiger partial charge in [0, 0.05) is 6.61 Å². The van der Waals surface area contributed by atoms with Gasteiger partial charge in [0.1, 0.15) is 17.3 Å². The fraction of sp³-hybridized carbons (Fsp3) is 0.889. The van der Waals surface area contributed by atoms with Gasteiger partial charge >= 0.3 is 5.97 Å². The number of nitriles is 1. The fourth-order valence-corrected chi connectivity index (χ4v) is 5.96. The normalized spacial score (nSPS) is 39.1. The number of esters is 1. The van der Waals surface area contributed by atoms with Gasteiger partial charge < -0.3 is 9.47 Å². The van der Waals surface area contributed by atoms with Crippen molar-refractivity contribution in [3.05, 3.63) is 0 Å². The van der Waals surface area contributed by atoms with Crippen molar-refractivity contribution in [1.82, 2.24) is 0 Å². The summed E-state index contributed by atoms with van der Waals surface area (Å²) in [5.41, 5.74) is 0.357. The first-order chi connectivity index (χ1) is 10.9. The Morgan fingerprint density at radius 1 is 1.43 bits per heavy atom. The third-order valence-electron chi connectivity index (χ3n) is 7.07. The van der Waals surface area contributed by atoms with Crippen LogP contribution < -0.4 is 0 Å². The average Bonchev–Trinajstić information content (AvgIpc) is 3.15. The summed E-state index contributed by atoms with van der Waals surface area (Å²) in [7, 11) is 0. The van der Waals surface area contributed by atoms with Gasteiger partial charge in [0.25, 0.3) is 0 Å². The zero-order chi connectivity index (χ0) is 16.7. The van der Waals surface area contributed by atoms with Crippen molar-refractivity contribution >= 4 is 17.7 Å². The third kappa shape index (κ3) is 2.78. The molecule has 3 aliphatic rings. The Balaban J connectivity index is 1.69. The highest BCUT2D eigenvalue weighted by molar-refractivity contribution is 8.04. The lowest BCUT2D eigenvalue weighted by Gasteiger charge is -2.41. The maximum absolute atomic E-state index is 12.7. The molecule has 2 bridgehead atoms. The van der Waals surface area contributed by atoms with Crippen LogP contribution in [0.5, 0.6) is 0 Å². The molecule has 2 aliphatic carbocycles. The molecule has 5 heteroatoms. The molecule has 0 aromatic rings. The van der Waals surface area contributed by atoms with Gasteiger partial charge in [-0.2, -0.15) is 5.26 Å². The summed E-state index contributed by atoms with van der Waals surface area (Å²) in [5, 5.41) is 11.0. The van der Waals surface area contributed by atoms with Crippen molar-refractivity contribution in [2.75, 3.05) is 13.2 Å². The van der Waals surface area contributed by atoms with Crippen LogP contribution in [0, 0.1) is 33.3 Å². The molecule has 1 aliphatic heterocycles. The van der Waals surface area contributed by atoms with E-state index in [0.717, 1.165) is 44.1 Å². The van der Waals surface area contributed by atoms with Crippen molar-refractivity contribution in [2.45, 2.75) is 64.2 Å². The van der Waals surface area contributed by atoms with Crippen molar-refractivity contribution in [2.24, 2.45) is 22.7 Å². The van der Waals surface area contributed by atoms with Gasteiger partial charge in [-0.05, 0) is 66.5 Å². The molecule has 0 amide bonds. The molecule has 0 radical (unpaired) electrons. The molecular weight excluding hydrogens is 310 g/mol. The number of thioether (sulfide) groups is 1. The molecule has 1 heterocycles. The summed E-state index contributed by atoms with van der Waals surface area (Å²) >= 11 is 1.09. The zero-order valence-electron chi connectivity index (χ0n) is 14.3. The molecule has 3 unspecified atom stereocenters. The largest absolute Gasteiger partial charge is 0.462 e. The van der Waals surface area contributed by atoms with Crippen LogP contribution in [-0.4, -0.2) is 30.5 Å². The van der Waals surface area contributed by atoms with Crippen LogP contribution in [0.15, 0.2) is 0 Å². The van der Waals surface area contributed by atoms with E-state index in [0.29, 0.717) is 12.5 Å². The van der Waals surface area contributed by atoms with Gasteiger partial charge in [0.2, 0.25) is 0 Å². The van der Waals surface area contributed by atoms with E-state index < -0.39 is 0 Å². The summed E-state index contributed by atoms with van der Waals surface area (Å²) in [4.78, 5) is 12.7. The van der Waals surface area contributed by atoms with Gasteiger partial charge in [-0.15, -0.1) is 0 Å². The standard InChI is InChI=1S/C18H27NO3S/c1-17(2)12-6-7-18(17,3)14(9-12)15(23-11-19)16(20)22-10-13-5-4-8-21-13/h12-15H,4-10H2,1-3H3/t12-,13?,14?,15?,18-/m1/s1. The monoisotopic (exact) mass is 337 g/mol. The van der Waals surface area contributed by atoms with Gasteiger partial charge in [0.15, 0.2) is 0 Å². The van der Waals surface area contributed by atoms with E-state index >= 15 is 0 Å². The minimum Gasteiger partial charge on any atom is -0.462 e. The molecule has 128 valence electrons. The summed E-state index contributed by atoms with van der Waals surface area (Å²) in [5.74, 6) is 0.671. The highest BCUT2D eigenvalue weighted by Gasteiger charge is 2.63. The zero-order valence-corrected chi connectivity index (χ0v) is 15.2. The predicted molar refractivity (Wildman–Crippen MR) is 89.6 cm³/mol. The Labute approximate surface area is 143 Å². The Morgan fingerprint density at radius 2 is 2.22 bits per heavy atom. The number of carbonyl (C=O) groups is 1. The smallest absolute Gasteiger partial charge is 0.320 e. The lowest BCUT2D eigenvalue weighted by atomic mass is 9.66. The maximum Gasteiger partial charge on any atom is 0.320 e. The maximum atomic E-state index is 12.7. The molecule has 0 aromatic carbocycles. The van der Waals surface area contributed by atoms with E-state index in [9.17, 15) is 10.1 Å². The van der Waals surface area contributed by atoms with Gasteiger partial charge in [-0.3, -0.25) is 4.79 Å². The molecular formula is C18H27NO3S. The molecule has 3 rings (SSSR count). The second-order valence-corrected chi connectivity index (χ2v) is 9.04. The Hall–Kier alpha value is -0.730. The van der Waals surface area contributed by atoms with Crippen LogP contribution in [0.4, 0.5) is 0 Å². The molecule has 0 aromatic heterocycles. The second-order valence-electron chi connectivity index (χ2n) is 8.11. The number of thiocyanates is 1. The Bertz CT molecular complexity index is 509. The van der Waals surface area contributed by atoms with E-state index in [1.807, 2.05) is 0 Å². The van der Waals surface area contributed by atoms with Crippen LogP contribution in [-0.2, 0) is 14.3 Å². The van der Waals surface area contributed by atoms with E-state index in [1.54, 1.807) is 0 Å². The van der Waals surface area contributed by atoms with Crippen LogP contribution in [0.1, 0.15) is 52.9 Å². The number of carbonyl (C=O) groups excluding carboxylic acids is 1. The van der Waals surface area contributed by atoms with Crippen molar-refractivity contribution in [1.29, 1.82) is 5.26 Å². The number of ether oxygens (including phenoxy) is 2. The molecule has 1 saturated heterocycles. The number of hydrogen-bond donors (Lipinski definition) is 0. The highest BCUT2D eigenvalue weighted by atomic mass is 32.2. The molecule has 4 nitrogen and oxygen atoms in total. The minimum atomic E-state index is -0.365. The van der Waals surface area contributed by atoms with Crippen LogP contribution in [0.2, 0.25) is 0 Å². The van der Waals surface area contributed by atoms with Crippen LogP contribution in [0.3, 0.4) is 0 Å². The lowest BCUT2D eigenvalue weighted by Crippen LogP contribution is -2.41. The summed E-state index contributed by atoms with van der Waals surface area (Å²) < 4.78 is 11.1. The van der Waals surface area contributed by atoms with Crippen molar-refractivity contribution in [3.8, 4) is 5.40 Å². The predicted octanol–water partition coefficient (Wildman–Crippen LogP) is 3.75. The topological polar surface area (TPSA) is 59.3 Å². The molecule has 0 N–H and O–H groups in total. The lowest BCUT2D eigenvalue weighted by molar-refractivity contribution is -0.148. The van der Waals surface area contributed by atoms with E-state index in [4.69, 9.17) is 9.47 Å². The first kappa shape index (κ1) is 17.1. The van der Waals surface area contributed by atoms with Crippen LogP contribution >= 0.6 is 11.8 Å². The van der Waals surface area contributed by atoms with E-state index in [1.165, 1.54) is 6.42 Å². The van der Waals surface area contributed by atoms with Gasteiger partial charge in [-0.1, -0.05) is 20.8 Å². The average molecular weight is 337 g/mol. The van der Waals surface area contributed by atoms with Crippen molar-refractivity contribution < 1.29 is 14.3 Å². The number of nitrogens with zero attached hydrogens (tertiary/aromatic N) is 1. The second kappa shape index (κ2) is 6.29. The number of hydrogen-bond acceptors (Lipinski definition) is 5. The summed E-state index contributed by atoms with van der Waals surface area (Å²) in [6, 6.07) is 0. The minimum absolute atomic E-state index is 0.0405. The first-order valence-electron chi connectivity index (χ1n) is 8.73. The molecule has 23 heavy (non-hydrogen) atoms. The summed E-state index contributed by atoms with van der Waals surface area (Å²) in [6.45, 7) is 8.06. The summed E-state index contributed by atoms with van der Waals surface area (Å²) in [6.07, 6.45) is 5.47. The molecule has 0 spiro atoms. The number of rotatable bonds is 5. The van der Waals surface area contributed by atoms with Crippen LogP contribution in [0.25, 0.3) is 0 Å². The molecule has 5 atom stereocenters. The van der Waals surface area contributed by atoms with Gasteiger partial charge in [0.05, 0.1) is 6.10 Å². The highest BCUT2D eigenvalue weighted by Crippen LogP contribution is 2.69. The third-order valence-corrected chi connectivity index (χ3v) is 7.95. The SMILES string of the molecule is CC1(C)[C@@H]2CC[C@]1(C)C(C(SC#N)C(=O)OCC1CCCO1)C2. The first-order valence-corrected chi connectivity index (χ1v) is 9.61. The Kier molecular flexibility index (Phi) is 4.68. The molecule has 2 saturated carbocycles. The fourth-order valence-electron chi connectivity index (χ4n) is 5.11. The van der Waals surface area contributed by atoms with E-state index in [-0.39, 0.29) is 34.1 Å². The quantitative estimate of drug-likeness (QED) is 0.565. The molecule has 3 fully saturated rings. The van der Waals surface area contributed by atoms with Crippen molar-refractivity contribution in [3.63, 3.8) is 0 Å². The number of fused-ring (bicyclic) bond motifs is 2. The van der Waals surface area contributed by atoms with E-state index in [2.05, 4.69) is 26.2 Å². The van der Waals surface area contributed by atoms with Gasteiger partial charge in [-0.25, -0.2) is 0 Å². The Morgan fingerprint density at radius 3 is 2.74 bits per heavy atom.